The first-order chi connectivity index (χ1) is 20.4. The van der Waals surface area contributed by atoms with E-state index in [4.69, 9.17) is 31.9 Å². The van der Waals surface area contributed by atoms with Crippen LogP contribution in [0.25, 0.3) is 28.2 Å². The summed E-state index contributed by atoms with van der Waals surface area (Å²) >= 11 is 7.42. The number of pyridine rings is 1. The molecule has 0 fully saturated rings. The average Bonchev–Trinajstić information content (AvgIpc) is 3.43. The lowest BCUT2D eigenvalue weighted by Gasteiger charge is -2.17. The molecule has 0 atom stereocenters. The van der Waals surface area contributed by atoms with Gasteiger partial charge in [0, 0.05) is 21.7 Å². The van der Waals surface area contributed by atoms with Crippen molar-refractivity contribution in [3.8, 4) is 40.0 Å². The third kappa shape index (κ3) is 5.31. The molecule has 0 aliphatic carbocycles. The number of hydrogen-bond acceptors (Lipinski definition) is 8. The molecule has 210 valence electrons. The van der Waals surface area contributed by atoms with Crippen LogP contribution in [0.15, 0.2) is 94.1 Å². The molecule has 0 aliphatic heterocycles. The highest BCUT2D eigenvalue weighted by molar-refractivity contribution is 7.07. The van der Waals surface area contributed by atoms with Crippen molar-refractivity contribution in [2.24, 2.45) is 5.10 Å². The van der Waals surface area contributed by atoms with Crippen molar-refractivity contribution in [1.82, 2.24) is 9.24 Å². The lowest BCUT2D eigenvalue weighted by molar-refractivity contribution is 0.0527. The van der Waals surface area contributed by atoms with Crippen molar-refractivity contribution in [1.29, 1.82) is 5.26 Å². The van der Waals surface area contributed by atoms with E-state index in [1.807, 2.05) is 58.5 Å². The number of rotatable bonds is 7. The van der Waals surface area contributed by atoms with E-state index in [0.29, 0.717) is 21.1 Å². The number of benzene rings is 3. The maximum atomic E-state index is 13.8. The van der Waals surface area contributed by atoms with Crippen LogP contribution in [-0.4, -0.2) is 28.9 Å². The SMILES string of the molecule is CCOC(=O)c1c(N)c(C#N)c(=O)n(/N=c2\scc(-c3ccc(Cl)cc3)n2-c2ccccc2)c1-c1ccc(OC)cc1. The first-order valence-electron chi connectivity index (χ1n) is 12.7. The van der Waals surface area contributed by atoms with Crippen LogP contribution in [0.2, 0.25) is 5.02 Å². The summed E-state index contributed by atoms with van der Waals surface area (Å²) in [5, 5.41) is 17.2. The van der Waals surface area contributed by atoms with E-state index in [0.717, 1.165) is 21.6 Å². The van der Waals surface area contributed by atoms with Crippen molar-refractivity contribution < 1.29 is 14.3 Å². The van der Waals surface area contributed by atoms with Crippen LogP contribution in [0.4, 0.5) is 5.69 Å². The summed E-state index contributed by atoms with van der Waals surface area (Å²) in [6, 6.07) is 25.4. The second-order valence-electron chi connectivity index (χ2n) is 8.87. The first-order valence-corrected chi connectivity index (χ1v) is 14.0. The molecule has 5 rings (SSSR count). The number of ether oxygens (including phenoxy) is 2. The second kappa shape index (κ2) is 12.2. The summed E-state index contributed by atoms with van der Waals surface area (Å²) in [5.74, 6) is -0.220. The largest absolute Gasteiger partial charge is 0.497 e. The monoisotopic (exact) mass is 597 g/mol. The molecular weight excluding hydrogens is 574 g/mol. The van der Waals surface area contributed by atoms with Gasteiger partial charge in [-0.15, -0.1) is 16.4 Å². The third-order valence-electron chi connectivity index (χ3n) is 6.40. The Bertz CT molecular complexity index is 1940. The average molecular weight is 598 g/mol. The molecule has 0 bridgehead atoms. The number of thiazole rings is 1. The molecule has 11 heteroatoms. The van der Waals surface area contributed by atoms with Crippen LogP contribution in [-0.2, 0) is 4.74 Å². The quantitative estimate of drug-likeness (QED) is 0.240. The number of methoxy groups -OCH3 is 1. The predicted octanol–water partition coefficient (Wildman–Crippen LogP) is 5.69. The van der Waals surface area contributed by atoms with Crippen molar-refractivity contribution in [3.05, 3.63) is 116 Å². The second-order valence-corrected chi connectivity index (χ2v) is 10.1. The Morgan fingerprint density at radius 1 is 1.05 bits per heavy atom. The molecule has 9 nitrogen and oxygen atoms in total. The fraction of sp³-hybridized carbons (Fsp3) is 0.0968. The maximum absolute atomic E-state index is 13.8. The molecule has 0 saturated carbocycles. The zero-order valence-electron chi connectivity index (χ0n) is 22.6. The third-order valence-corrected chi connectivity index (χ3v) is 7.46. The van der Waals surface area contributed by atoms with Gasteiger partial charge in [0.05, 0.1) is 30.8 Å². The summed E-state index contributed by atoms with van der Waals surface area (Å²) in [5.41, 5.74) is 7.63. The van der Waals surface area contributed by atoms with Crippen LogP contribution in [0, 0.1) is 11.3 Å². The van der Waals surface area contributed by atoms with E-state index in [1.165, 1.54) is 18.4 Å². The smallest absolute Gasteiger partial charge is 0.342 e. The predicted molar refractivity (Wildman–Crippen MR) is 163 cm³/mol. The number of para-hydroxylation sites is 1. The fourth-order valence-electron chi connectivity index (χ4n) is 4.43. The Morgan fingerprint density at radius 2 is 1.71 bits per heavy atom. The Labute approximate surface area is 249 Å². The van der Waals surface area contributed by atoms with Gasteiger partial charge in [0.25, 0.3) is 5.56 Å². The van der Waals surface area contributed by atoms with Crippen LogP contribution in [0.1, 0.15) is 22.8 Å². The summed E-state index contributed by atoms with van der Waals surface area (Å²) in [6.07, 6.45) is 0. The molecule has 42 heavy (non-hydrogen) atoms. The van der Waals surface area contributed by atoms with Crippen molar-refractivity contribution in [2.75, 3.05) is 19.5 Å². The Balaban J connectivity index is 1.90. The zero-order valence-corrected chi connectivity index (χ0v) is 24.1. The van der Waals surface area contributed by atoms with Gasteiger partial charge >= 0.3 is 5.97 Å². The molecule has 0 spiro atoms. The lowest BCUT2D eigenvalue weighted by Crippen LogP contribution is -2.29. The molecule has 0 aliphatic rings. The standard InChI is InChI=1S/C31H24ClN5O4S/c1-3-41-30(39)26-27(34)24(17-33)29(38)37(28(26)20-11-15-23(40-2)16-12-20)35-31-36(22-7-5-4-6-8-22)25(18-42-31)19-9-13-21(32)14-10-19/h4-16,18H,3,34H2,1-2H3/b35-31-. The molecular formula is C31H24ClN5O4S. The van der Waals surface area contributed by atoms with Gasteiger partial charge in [-0.05, 0) is 61.0 Å². The number of nitrogens with two attached hydrogens (primary N) is 1. The van der Waals surface area contributed by atoms with Gasteiger partial charge in [-0.25, -0.2) is 4.79 Å². The van der Waals surface area contributed by atoms with E-state index in [-0.39, 0.29) is 23.6 Å². The summed E-state index contributed by atoms with van der Waals surface area (Å²) in [4.78, 5) is 27.5. The summed E-state index contributed by atoms with van der Waals surface area (Å²) in [6.45, 7) is 1.71. The molecule has 0 saturated heterocycles. The van der Waals surface area contributed by atoms with Crippen LogP contribution in [0.5, 0.6) is 5.75 Å². The summed E-state index contributed by atoms with van der Waals surface area (Å²) in [7, 11) is 1.53. The van der Waals surface area contributed by atoms with Gasteiger partial charge in [-0.1, -0.05) is 41.9 Å². The molecule has 3 aromatic carbocycles. The number of anilines is 1. The molecule has 0 amide bonds. The number of esters is 1. The number of hydrogen-bond donors (Lipinski definition) is 1. The highest BCUT2D eigenvalue weighted by atomic mass is 35.5. The number of aromatic nitrogens is 2. The summed E-state index contributed by atoms with van der Waals surface area (Å²) < 4.78 is 13.5. The Kier molecular flexibility index (Phi) is 8.24. The van der Waals surface area contributed by atoms with Crippen molar-refractivity contribution in [2.45, 2.75) is 6.92 Å². The van der Waals surface area contributed by atoms with E-state index in [1.54, 1.807) is 43.3 Å². The minimum atomic E-state index is -0.787. The highest BCUT2D eigenvalue weighted by Crippen LogP contribution is 2.31. The van der Waals surface area contributed by atoms with Gasteiger partial charge in [-0.3, -0.25) is 9.36 Å². The van der Waals surface area contributed by atoms with Crippen LogP contribution >= 0.6 is 22.9 Å². The molecule has 2 heterocycles. The topological polar surface area (TPSA) is 125 Å². The van der Waals surface area contributed by atoms with E-state index < -0.39 is 17.1 Å². The number of nitriles is 1. The number of carbonyl (C=O) groups is 1. The lowest BCUT2D eigenvalue weighted by atomic mass is 10.0. The van der Waals surface area contributed by atoms with E-state index >= 15 is 0 Å². The first kappa shape index (κ1) is 28.4. The molecule has 2 N–H and O–H groups in total. The van der Waals surface area contributed by atoms with E-state index in [2.05, 4.69) is 0 Å². The maximum Gasteiger partial charge on any atom is 0.342 e. The van der Waals surface area contributed by atoms with E-state index in [9.17, 15) is 14.9 Å². The molecule has 2 aromatic heterocycles. The fourth-order valence-corrected chi connectivity index (χ4v) is 5.45. The van der Waals surface area contributed by atoms with Gasteiger partial charge in [0.15, 0.2) is 0 Å². The van der Waals surface area contributed by atoms with Crippen molar-refractivity contribution >= 4 is 34.6 Å². The zero-order chi connectivity index (χ0) is 29.8. The van der Waals surface area contributed by atoms with Gasteiger partial charge in [0.1, 0.15) is 22.9 Å². The van der Waals surface area contributed by atoms with Gasteiger partial charge in [-0.2, -0.15) is 9.94 Å². The van der Waals surface area contributed by atoms with Crippen LogP contribution in [0.3, 0.4) is 0 Å². The number of halogens is 1. The van der Waals surface area contributed by atoms with Gasteiger partial charge < -0.3 is 15.2 Å². The normalized spacial score (nSPS) is 11.2. The van der Waals surface area contributed by atoms with Crippen molar-refractivity contribution in [3.63, 3.8) is 0 Å². The molecule has 0 radical (unpaired) electrons. The highest BCUT2D eigenvalue weighted by Gasteiger charge is 2.27. The number of carbonyl (C=O) groups excluding carboxylic acids is 1. The minimum Gasteiger partial charge on any atom is -0.497 e. The van der Waals surface area contributed by atoms with Gasteiger partial charge in [0.2, 0.25) is 4.80 Å². The Hall–Kier alpha value is -5.11. The van der Waals surface area contributed by atoms with Crippen LogP contribution < -0.4 is 20.8 Å². The number of nitrogen functional groups attached to an aromatic ring is 1. The number of nitrogens with zero attached hydrogens (tertiary/aromatic N) is 4. The molecule has 5 aromatic rings. The minimum absolute atomic E-state index is 0.0574. The molecule has 0 unspecified atom stereocenters. The Morgan fingerprint density at radius 3 is 2.33 bits per heavy atom.